The van der Waals surface area contributed by atoms with Crippen LogP contribution in [0.15, 0.2) is 24.5 Å². The minimum atomic E-state index is -0.203. The zero-order valence-corrected chi connectivity index (χ0v) is 8.57. The van der Waals surface area contributed by atoms with Crippen molar-refractivity contribution in [3.8, 4) is 6.07 Å². The molecule has 0 N–H and O–H groups in total. The molecular formula is C12H11N3. The van der Waals surface area contributed by atoms with Crippen LogP contribution >= 0.6 is 0 Å². The van der Waals surface area contributed by atoms with Gasteiger partial charge in [-0.3, -0.25) is 0 Å². The molecule has 0 radical (unpaired) electrons. The second kappa shape index (κ2) is 2.60. The van der Waals surface area contributed by atoms with Crippen LogP contribution in [0.25, 0.3) is 11.0 Å². The first-order valence-corrected chi connectivity index (χ1v) is 5.08. The summed E-state index contributed by atoms with van der Waals surface area (Å²) in [4.78, 5) is 4.31. The van der Waals surface area contributed by atoms with Crippen molar-refractivity contribution in [3.63, 3.8) is 0 Å². The van der Waals surface area contributed by atoms with Gasteiger partial charge in [0.25, 0.3) is 0 Å². The van der Waals surface area contributed by atoms with Crippen molar-refractivity contribution < 1.29 is 0 Å². The van der Waals surface area contributed by atoms with E-state index in [0.717, 1.165) is 29.4 Å². The summed E-state index contributed by atoms with van der Waals surface area (Å²) in [5.41, 5.74) is 3.02. The largest absolute Gasteiger partial charge is 0.334 e. The lowest BCUT2D eigenvalue weighted by Crippen LogP contribution is -2.01. The molecule has 3 nitrogen and oxygen atoms in total. The molecule has 0 aliphatic heterocycles. The predicted octanol–water partition coefficient (Wildman–Crippen LogP) is 2.13. The molecule has 1 aromatic carbocycles. The van der Waals surface area contributed by atoms with Gasteiger partial charge in [0.05, 0.1) is 28.8 Å². The van der Waals surface area contributed by atoms with E-state index in [1.807, 2.05) is 17.7 Å². The molecule has 0 bridgehead atoms. The van der Waals surface area contributed by atoms with Gasteiger partial charge in [0, 0.05) is 7.05 Å². The third-order valence-electron chi connectivity index (χ3n) is 3.24. The smallest absolute Gasteiger partial charge is 0.0955 e. The van der Waals surface area contributed by atoms with Crippen molar-refractivity contribution in [3.05, 3.63) is 30.1 Å². The van der Waals surface area contributed by atoms with E-state index in [0.29, 0.717) is 0 Å². The molecule has 1 heterocycles. The highest BCUT2D eigenvalue weighted by molar-refractivity contribution is 5.76. The van der Waals surface area contributed by atoms with Crippen molar-refractivity contribution in [2.45, 2.75) is 18.3 Å². The van der Waals surface area contributed by atoms with Gasteiger partial charge < -0.3 is 4.57 Å². The predicted molar refractivity (Wildman–Crippen MR) is 57.2 cm³/mol. The maximum Gasteiger partial charge on any atom is 0.0955 e. The molecule has 74 valence electrons. The average Bonchev–Trinajstić information content (AvgIpc) is 2.99. The molecule has 0 saturated heterocycles. The molecule has 1 saturated carbocycles. The van der Waals surface area contributed by atoms with Crippen molar-refractivity contribution >= 4 is 11.0 Å². The number of hydrogen-bond acceptors (Lipinski definition) is 2. The topological polar surface area (TPSA) is 41.6 Å². The van der Waals surface area contributed by atoms with Crippen molar-refractivity contribution in [1.29, 1.82) is 5.26 Å². The Morgan fingerprint density at radius 2 is 2.27 bits per heavy atom. The molecule has 0 atom stereocenters. The van der Waals surface area contributed by atoms with Gasteiger partial charge in [-0.25, -0.2) is 4.98 Å². The normalized spacial score (nSPS) is 17.6. The van der Waals surface area contributed by atoms with E-state index in [4.69, 9.17) is 5.26 Å². The van der Waals surface area contributed by atoms with Crippen molar-refractivity contribution in [2.75, 3.05) is 0 Å². The molecule has 15 heavy (non-hydrogen) atoms. The average molecular weight is 197 g/mol. The molecule has 1 fully saturated rings. The molecule has 3 rings (SSSR count). The molecule has 1 aliphatic carbocycles. The minimum Gasteiger partial charge on any atom is -0.334 e. The zero-order chi connectivity index (χ0) is 10.5. The van der Waals surface area contributed by atoms with Gasteiger partial charge in [0.1, 0.15) is 0 Å². The number of nitrogens with zero attached hydrogens (tertiary/aromatic N) is 3. The summed E-state index contributed by atoms with van der Waals surface area (Å²) >= 11 is 0. The SMILES string of the molecule is Cn1cnc2cc(C3(C#N)CC3)ccc21. The highest BCUT2D eigenvalue weighted by atomic mass is 15.0. The summed E-state index contributed by atoms with van der Waals surface area (Å²) in [7, 11) is 1.98. The molecule has 3 heteroatoms. The first-order valence-electron chi connectivity index (χ1n) is 5.08. The second-order valence-corrected chi connectivity index (χ2v) is 4.25. The fraction of sp³-hybridized carbons (Fsp3) is 0.333. The summed E-state index contributed by atoms with van der Waals surface area (Å²) in [6, 6.07) is 8.56. The van der Waals surface area contributed by atoms with Gasteiger partial charge in [-0.2, -0.15) is 5.26 Å². The maximum absolute atomic E-state index is 9.11. The summed E-state index contributed by atoms with van der Waals surface area (Å²) in [6.45, 7) is 0. The number of fused-ring (bicyclic) bond motifs is 1. The first-order chi connectivity index (χ1) is 7.25. The Hall–Kier alpha value is -1.82. The lowest BCUT2D eigenvalue weighted by Gasteiger charge is -2.05. The van der Waals surface area contributed by atoms with E-state index in [2.05, 4.69) is 23.2 Å². The van der Waals surface area contributed by atoms with Gasteiger partial charge >= 0.3 is 0 Å². The molecule has 2 aromatic rings. The van der Waals surface area contributed by atoms with Crippen LogP contribution < -0.4 is 0 Å². The third-order valence-corrected chi connectivity index (χ3v) is 3.24. The lowest BCUT2D eigenvalue weighted by atomic mass is 9.97. The Morgan fingerprint density at radius 3 is 2.93 bits per heavy atom. The number of rotatable bonds is 1. The van der Waals surface area contributed by atoms with Gasteiger partial charge in [0.2, 0.25) is 0 Å². The monoisotopic (exact) mass is 197 g/mol. The lowest BCUT2D eigenvalue weighted by molar-refractivity contribution is 0.909. The molecule has 1 aliphatic rings. The van der Waals surface area contributed by atoms with E-state index in [1.165, 1.54) is 0 Å². The van der Waals surface area contributed by atoms with Crippen LogP contribution in [-0.4, -0.2) is 9.55 Å². The van der Waals surface area contributed by atoms with E-state index in [1.54, 1.807) is 6.33 Å². The summed E-state index contributed by atoms with van der Waals surface area (Å²) < 4.78 is 1.99. The van der Waals surface area contributed by atoms with Crippen molar-refractivity contribution in [2.24, 2.45) is 7.05 Å². The van der Waals surface area contributed by atoms with Crippen LogP contribution in [-0.2, 0) is 12.5 Å². The number of imidazole rings is 1. The van der Waals surface area contributed by atoms with E-state index < -0.39 is 0 Å². The quantitative estimate of drug-likeness (QED) is 0.702. The Balaban J connectivity index is 2.20. The zero-order valence-electron chi connectivity index (χ0n) is 8.57. The maximum atomic E-state index is 9.11. The number of hydrogen-bond donors (Lipinski definition) is 0. The van der Waals surface area contributed by atoms with Crippen LogP contribution in [0.1, 0.15) is 18.4 Å². The van der Waals surface area contributed by atoms with Gasteiger partial charge in [0.15, 0.2) is 0 Å². The van der Waals surface area contributed by atoms with Crippen LogP contribution in [0.5, 0.6) is 0 Å². The van der Waals surface area contributed by atoms with E-state index in [9.17, 15) is 0 Å². The number of aromatic nitrogens is 2. The highest BCUT2D eigenvalue weighted by Gasteiger charge is 2.44. The number of nitriles is 1. The molecule has 0 unspecified atom stereocenters. The van der Waals surface area contributed by atoms with Crippen LogP contribution in [0, 0.1) is 11.3 Å². The fourth-order valence-corrected chi connectivity index (χ4v) is 2.02. The van der Waals surface area contributed by atoms with Crippen LogP contribution in [0.3, 0.4) is 0 Å². The second-order valence-electron chi connectivity index (χ2n) is 4.25. The molecule has 1 aromatic heterocycles. The van der Waals surface area contributed by atoms with Gasteiger partial charge in [-0.1, -0.05) is 6.07 Å². The van der Waals surface area contributed by atoms with E-state index >= 15 is 0 Å². The fourth-order valence-electron chi connectivity index (χ4n) is 2.02. The third kappa shape index (κ3) is 1.08. The van der Waals surface area contributed by atoms with Crippen LogP contribution in [0.4, 0.5) is 0 Å². The number of benzene rings is 1. The molecular weight excluding hydrogens is 186 g/mol. The number of aryl methyl sites for hydroxylation is 1. The Bertz CT molecular complexity index is 570. The summed E-state index contributed by atoms with van der Waals surface area (Å²) in [6.07, 6.45) is 3.78. The van der Waals surface area contributed by atoms with Gasteiger partial charge in [-0.05, 0) is 30.5 Å². The molecule has 0 amide bonds. The Kier molecular flexibility index (Phi) is 1.47. The highest BCUT2D eigenvalue weighted by Crippen LogP contribution is 2.47. The van der Waals surface area contributed by atoms with Crippen molar-refractivity contribution in [1.82, 2.24) is 9.55 Å². The molecule has 0 spiro atoms. The summed E-state index contributed by atoms with van der Waals surface area (Å²) in [5, 5.41) is 9.11. The van der Waals surface area contributed by atoms with Gasteiger partial charge in [-0.15, -0.1) is 0 Å². The summed E-state index contributed by atoms with van der Waals surface area (Å²) in [5.74, 6) is 0. The Labute approximate surface area is 88.0 Å². The minimum absolute atomic E-state index is 0.203. The van der Waals surface area contributed by atoms with Crippen LogP contribution in [0.2, 0.25) is 0 Å². The van der Waals surface area contributed by atoms with E-state index in [-0.39, 0.29) is 5.41 Å². The standard InChI is InChI=1S/C12H11N3/c1-15-8-14-10-6-9(2-3-11(10)15)12(7-13)4-5-12/h2-3,6,8H,4-5H2,1H3. The Morgan fingerprint density at radius 1 is 1.47 bits per heavy atom. The first kappa shape index (κ1) is 8.49.